The number of aryl methyl sites for hydroxylation is 3. The van der Waals surface area contributed by atoms with Crippen molar-refractivity contribution in [2.75, 3.05) is 54.0 Å². The quantitative estimate of drug-likeness (QED) is 0.114. The van der Waals surface area contributed by atoms with Crippen molar-refractivity contribution in [2.24, 2.45) is 38.7 Å². The second kappa shape index (κ2) is 29.3. The van der Waals surface area contributed by atoms with Crippen LogP contribution in [0.1, 0.15) is 88.2 Å². The lowest BCUT2D eigenvalue weighted by molar-refractivity contribution is 0.439. The van der Waals surface area contributed by atoms with E-state index in [1.165, 1.54) is 81.8 Å². The van der Waals surface area contributed by atoms with Crippen LogP contribution >= 0.6 is 45.6 Å². The molecule has 0 saturated carbocycles. The molecule has 0 unspecified atom stereocenters. The monoisotopic (exact) mass is 1440 g/mol. The van der Waals surface area contributed by atoms with Gasteiger partial charge in [-0.1, -0.05) is 55.3 Å². The van der Waals surface area contributed by atoms with E-state index in [0.29, 0.717) is 103 Å². The summed E-state index contributed by atoms with van der Waals surface area (Å²) >= 11 is 10.4. The van der Waals surface area contributed by atoms with E-state index in [-0.39, 0.29) is 49.2 Å². The van der Waals surface area contributed by atoms with E-state index in [1.54, 1.807) is 64.7 Å². The first-order valence-corrected chi connectivity index (χ1v) is 36.3. The van der Waals surface area contributed by atoms with Gasteiger partial charge in [0.1, 0.15) is 20.8 Å². The lowest BCUT2D eigenvalue weighted by Crippen LogP contribution is -2.44. The molecule has 2 N–H and O–H groups in total. The molecule has 12 heterocycles. The Kier molecular flexibility index (Phi) is 20.2. The number of imidazole rings is 3. The fourth-order valence-electron chi connectivity index (χ4n) is 13.5. The number of rotatable bonds is 12. The van der Waals surface area contributed by atoms with Gasteiger partial charge in [0.05, 0.1) is 69.9 Å². The number of piperidine rings is 3. The van der Waals surface area contributed by atoms with Crippen LogP contribution in [0.4, 0.5) is 22.2 Å². The molecule has 101 heavy (non-hydrogen) atoms. The molecule has 0 spiro atoms. The predicted molar refractivity (Wildman–Crippen MR) is 400 cm³/mol. The molecule has 12 aromatic rings. The van der Waals surface area contributed by atoms with E-state index in [4.69, 9.17) is 32.3 Å². The molecule has 9 aromatic heterocycles. The van der Waals surface area contributed by atoms with Gasteiger partial charge in [0.2, 0.25) is 17.8 Å². The number of hydrogen-bond acceptors (Lipinski definition) is 19. The van der Waals surface area contributed by atoms with Crippen molar-refractivity contribution in [1.29, 1.82) is 0 Å². The highest BCUT2D eigenvalue weighted by atomic mass is 35.5. The minimum absolute atomic E-state index is 0.0169. The second-order valence-electron chi connectivity index (χ2n) is 25.7. The Hall–Kier alpha value is -9.96. The molecule has 0 radical (unpaired) electrons. The molecule has 30 heteroatoms. The number of anilines is 3. The highest BCUT2D eigenvalue weighted by molar-refractivity contribution is 7.19. The molecule has 3 aliphatic rings. The normalized spacial score (nSPS) is 16.3. The average Bonchev–Trinajstić information content (AvgIpc) is 1.62. The molecular weight excluding hydrogens is 1370 g/mol. The number of benzene rings is 3. The predicted octanol–water partition coefficient (Wildman–Crippen LogP) is 7.93. The van der Waals surface area contributed by atoms with E-state index in [2.05, 4.69) is 79.0 Å². The molecule has 3 fully saturated rings. The first-order chi connectivity index (χ1) is 48.7. The van der Waals surface area contributed by atoms with Crippen LogP contribution in [0, 0.1) is 53.2 Å². The molecule has 0 bridgehead atoms. The standard InChI is InChI=1S/C24H25ClN6O2S.C24H26N6O2S.C23H24FN7O2S/c1-4-5-11-30-20-21(27-23(30)29-10-6-7-15(2)13-29)28(3)24(33)31(22(20)32)14-19-26-17-12-16(25)8-9-18(17)34-19;1-4-5-13-29-20-21(26-23(29)28-12-8-9-16(2)14-28)27(3)24(32)30(22(20)31)15-19-25-17-10-6-7-11-18(17)33-19;1-3-4-10-30-19-20(27-22(30)29-9-5-6-15(25)12-29)28(2)23(33)31(21(19)32)13-18-26-16-11-14(24)7-8-17(16)34-18/h8-9,12,15H,6-7,10-11,13-14H2,1-3H3;6-7,10-11,16H,8-9,12-15H2,1-3H3;7-8,11,15H,5-6,9-10,12-13,25H2,1-2H3/t15-;16-;15-/m111/s1. The number of hydrogen-bond donors (Lipinski definition) is 1. The number of halogens is 2. The third-order valence-corrected chi connectivity index (χ3v) is 21.8. The van der Waals surface area contributed by atoms with Gasteiger partial charge in [-0.15, -0.1) is 51.8 Å². The summed E-state index contributed by atoms with van der Waals surface area (Å²) in [5.74, 6) is 20.6. The highest BCUT2D eigenvalue weighted by Gasteiger charge is 2.31. The van der Waals surface area contributed by atoms with Crippen LogP contribution in [0.2, 0.25) is 5.02 Å². The van der Waals surface area contributed by atoms with Crippen molar-refractivity contribution in [3.05, 3.63) is 149 Å². The van der Waals surface area contributed by atoms with Gasteiger partial charge >= 0.3 is 17.1 Å². The zero-order valence-electron chi connectivity index (χ0n) is 57.3. The largest absolute Gasteiger partial charge is 0.342 e. The third kappa shape index (κ3) is 13.8. The Bertz CT molecular complexity index is 5560. The summed E-state index contributed by atoms with van der Waals surface area (Å²) < 4.78 is 29.8. The molecule has 3 aromatic carbocycles. The zero-order chi connectivity index (χ0) is 71.1. The van der Waals surface area contributed by atoms with Gasteiger partial charge in [0.25, 0.3) is 16.7 Å². The summed E-state index contributed by atoms with van der Waals surface area (Å²) in [6.45, 7) is 15.7. The lowest BCUT2D eigenvalue weighted by atomic mass is 10.0. The van der Waals surface area contributed by atoms with Gasteiger partial charge in [-0.2, -0.15) is 15.0 Å². The maximum absolute atomic E-state index is 13.7. The van der Waals surface area contributed by atoms with Crippen LogP contribution in [-0.2, 0) is 60.4 Å². The van der Waals surface area contributed by atoms with Crippen LogP contribution in [0.25, 0.3) is 64.1 Å². The minimum atomic E-state index is -0.490. The Balaban J connectivity index is 0.000000135. The van der Waals surface area contributed by atoms with Crippen molar-refractivity contribution >= 4 is 128 Å². The molecule has 15 rings (SSSR count). The Morgan fingerprint density at radius 1 is 0.485 bits per heavy atom. The van der Waals surface area contributed by atoms with E-state index in [0.717, 1.165) is 93.1 Å². The van der Waals surface area contributed by atoms with Gasteiger partial charge < -0.3 is 20.4 Å². The van der Waals surface area contributed by atoms with Crippen molar-refractivity contribution < 1.29 is 4.39 Å². The molecular formula is C71H75ClFN19O6S3. The Morgan fingerprint density at radius 2 is 0.861 bits per heavy atom. The average molecular weight is 1440 g/mol. The summed E-state index contributed by atoms with van der Waals surface area (Å²) in [6.07, 6.45) is 6.34. The zero-order valence-corrected chi connectivity index (χ0v) is 60.5. The highest BCUT2D eigenvalue weighted by Crippen LogP contribution is 2.31. The summed E-state index contributed by atoms with van der Waals surface area (Å²) in [5, 5.41) is 2.53. The fourth-order valence-corrected chi connectivity index (χ4v) is 16.5. The van der Waals surface area contributed by atoms with Crippen LogP contribution in [-0.4, -0.2) is 116 Å². The van der Waals surface area contributed by atoms with Gasteiger partial charge in [0.15, 0.2) is 33.5 Å². The smallest absolute Gasteiger partial charge is 0.332 e. The van der Waals surface area contributed by atoms with Crippen molar-refractivity contribution in [3.8, 4) is 35.5 Å². The summed E-state index contributed by atoms with van der Waals surface area (Å²) in [4.78, 5) is 115. The molecule has 522 valence electrons. The summed E-state index contributed by atoms with van der Waals surface area (Å²) in [6, 6.07) is 17.7. The summed E-state index contributed by atoms with van der Waals surface area (Å²) in [5.41, 5.74) is 8.02. The maximum atomic E-state index is 13.7. The number of thiazole rings is 3. The van der Waals surface area contributed by atoms with E-state index >= 15 is 0 Å². The third-order valence-electron chi connectivity index (χ3n) is 18.5. The molecule has 3 aliphatic heterocycles. The topological polar surface area (TPSA) is 260 Å². The van der Waals surface area contributed by atoms with Crippen LogP contribution in [0.3, 0.4) is 0 Å². The van der Waals surface area contributed by atoms with Crippen molar-refractivity contribution in [3.63, 3.8) is 0 Å². The summed E-state index contributed by atoms with van der Waals surface area (Å²) in [7, 11) is 4.93. The van der Waals surface area contributed by atoms with Gasteiger partial charge in [-0.05, 0) is 114 Å². The fraction of sp³-hybridized carbons (Fsp3) is 0.408. The van der Waals surface area contributed by atoms with Crippen LogP contribution < -0.4 is 54.2 Å². The number of fused-ring (bicyclic) bond motifs is 6. The van der Waals surface area contributed by atoms with Crippen LogP contribution in [0.15, 0.2) is 89.4 Å². The number of nitrogens with two attached hydrogens (primary N) is 1. The molecule has 3 saturated heterocycles. The first kappa shape index (κ1) is 69.5. The maximum Gasteiger partial charge on any atom is 0.332 e. The molecule has 25 nitrogen and oxygen atoms in total. The molecule has 3 atom stereocenters. The number of para-hydroxylation sites is 1. The van der Waals surface area contributed by atoms with E-state index in [9.17, 15) is 33.2 Å². The number of nitrogens with zero attached hydrogens (tertiary/aromatic N) is 18. The molecule has 0 aliphatic carbocycles. The Labute approximate surface area is 595 Å². The van der Waals surface area contributed by atoms with Gasteiger partial charge in [-0.25, -0.2) is 33.7 Å². The molecule has 0 amide bonds. The first-order valence-electron chi connectivity index (χ1n) is 33.5. The van der Waals surface area contributed by atoms with Gasteiger partial charge in [-0.3, -0.25) is 55.5 Å². The van der Waals surface area contributed by atoms with Crippen molar-refractivity contribution in [2.45, 2.75) is 118 Å². The van der Waals surface area contributed by atoms with Crippen LogP contribution in [0.5, 0.6) is 0 Å². The van der Waals surface area contributed by atoms with Crippen molar-refractivity contribution in [1.82, 2.24) is 71.0 Å². The minimum Gasteiger partial charge on any atom is -0.342 e. The van der Waals surface area contributed by atoms with E-state index in [1.807, 2.05) is 39.5 Å². The number of aromatic nitrogens is 15. The second-order valence-corrected chi connectivity index (χ2v) is 29.5. The Morgan fingerprint density at radius 3 is 1.27 bits per heavy atom. The lowest BCUT2D eigenvalue weighted by Gasteiger charge is -2.31. The SMILES string of the molecule is CC#CCn1c(N2CCC[C@@H](C)C2)nc2c1c(=O)n(Cc1nc3cc(Cl)ccc3s1)c(=O)n2C.CC#CCn1c(N2CCC[C@@H](C)C2)nc2c1c(=O)n(Cc1nc3ccccc3s1)c(=O)n2C.CC#CCn1c(N2CCC[C@@H](N)C2)nc2c1c(=O)n(Cc1nc3cc(F)ccc3s1)c(=O)n2C. The van der Waals surface area contributed by atoms with E-state index < -0.39 is 22.6 Å². The van der Waals surface area contributed by atoms with Gasteiger partial charge in [0, 0.05) is 77.5 Å².